The van der Waals surface area contributed by atoms with Crippen LogP contribution in [0, 0.1) is 0 Å². The van der Waals surface area contributed by atoms with Gasteiger partial charge in [0.1, 0.15) is 5.75 Å². The van der Waals surface area contributed by atoms with Crippen LogP contribution in [0.25, 0.3) is 0 Å². The maximum absolute atomic E-state index is 6.14. The molecule has 2 aromatic rings. The largest absolute Gasteiger partial charge is 0.493 e. The van der Waals surface area contributed by atoms with Crippen LogP contribution in [0.3, 0.4) is 0 Å². The van der Waals surface area contributed by atoms with Crippen LogP contribution in [0.4, 0.5) is 0 Å². The van der Waals surface area contributed by atoms with E-state index in [1.165, 1.54) is 0 Å². The predicted octanol–water partition coefficient (Wildman–Crippen LogP) is 3.92. The number of hydrogen-bond acceptors (Lipinski definition) is 2. The second kappa shape index (κ2) is 7.11. The molecule has 23 heavy (non-hydrogen) atoms. The average Bonchev–Trinajstić information content (AvgIpc) is 2.54. The first kappa shape index (κ1) is 16.0. The highest BCUT2D eigenvalue weighted by Gasteiger charge is 2.21. The lowest BCUT2D eigenvalue weighted by atomic mass is 10.0. The maximum atomic E-state index is 6.14. The standard InChI is InChI=1S/C17H17Cl2N3O/c18-12-6-5-11(14(19)9-12)10-21-17(20)22-15-7-8-23-16-4-2-1-3-13(15)16/h1-6,9,15H,7-8,10H2,(H3,20,21,22). The molecule has 1 aliphatic heterocycles. The Balaban J connectivity index is 1.68. The van der Waals surface area contributed by atoms with Gasteiger partial charge >= 0.3 is 0 Å². The minimum Gasteiger partial charge on any atom is -0.493 e. The Hall–Kier alpha value is -1.91. The van der Waals surface area contributed by atoms with Crippen molar-refractivity contribution in [3.05, 3.63) is 63.6 Å². The van der Waals surface area contributed by atoms with Gasteiger partial charge in [-0.15, -0.1) is 0 Å². The van der Waals surface area contributed by atoms with Crippen LogP contribution in [0.5, 0.6) is 5.75 Å². The van der Waals surface area contributed by atoms with Gasteiger partial charge in [0.05, 0.1) is 19.2 Å². The molecule has 0 saturated carbocycles. The molecule has 0 aromatic heterocycles. The summed E-state index contributed by atoms with van der Waals surface area (Å²) in [6, 6.07) is 13.4. The molecule has 0 aliphatic carbocycles. The summed E-state index contributed by atoms with van der Waals surface area (Å²) in [6.45, 7) is 1.06. The van der Waals surface area contributed by atoms with Gasteiger partial charge in [-0.25, -0.2) is 4.99 Å². The SMILES string of the molecule is NC(=NCc1ccc(Cl)cc1Cl)NC1CCOc2ccccc21. The van der Waals surface area contributed by atoms with E-state index in [1.807, 2.05) is 30.3 Å². The molecule has 1 heterocycles. The van der Waals surface area contributed by atoms with Gasteiger partial charge in [-0.1, -0.05) is 47.5 Å². The molecular formula is C17H17Cl2N3O. The van der Waals surface area contributed by atoms with E-state index < -0.39 is 0 Å². The summed E-state index contributed by atoms with van der Waals surface area (Å²) in [5.41, 5.74) is 8.00. The summed E-state index contributed by atoms with van der Waals surface area (Å²) in [5.74, 6) is 1.28. The highest BCUT2D eigenvalue weighted by atomic mass is 35.5. The van der Waals surface area contributed by atoms with E-state index in [4.69, 9.17) is 33.7 Å². The van der Waals surface area contributed by atoms with Crippen molar-refractivity contribution in [2.75, 3.05) is 6.61 Å². The van der Waals surface area contributed by atoms with E-state index in [-0.39, 0.29) is 6.04 Å². The smallest absolute Gasteiger partial charge is 0.189 e. The van der Waals surface area contributed by atoms with Crippen molar-refractivity contribution in [1.29, 1.82) is 0 Å². The van der Waals surface area contributed by atoms with Crippen LogP contribution in [-0.4, -0.2) is 12.6 Å². The summed E-state index contributed by atoms with van der Waals surface area (Å²) in [7, 11) is 0. The first-order valence-electron chi connectivity index (χ1n) is 7.35. The van der Waals surface area contributed by atoms with Gasteiger partial charge in [0, 0.05) is 22.0 Å². The van der Waals surface area contributed by atoms with Gasteiger partial charge < -0.3 is 15.8 Å². The van der Waals surface area contributed by atoms with Crippen LogP contribution in [-0.2, 0) is 6.54 Å². The second-order valence-electron chi connectivity index (χ2n) is 5.31. The molecule has 3 N–H and O–H groups in total. The number of nitrogens with two attached hydrogens (primary N) is 1. The van der Waals surface area contributed by atoms with Gasteiger partial charge in [-0.3, -0.25) is 0 Å². The fourth-order valence-corrected chi connectivity index (χ4v) is 3.00. The first-order chi connectivity index (χ1) is 11.1. The normalized spacial score (nSPS) is 17.3. The van der Waals surface area contributed by atoms with E-state index in [1.54, 1.807) is 12.1 Å². The summed E-state index contributed by atoms with van der Waals surface area (Å²) >= 11 is 12.0. The number of aliphatic imine (C=N–C) groups is 1. The fraction of sp³-hybridized carbons (Fsp3) is 0.235. The average molecular weight is 350 g/mol. The highest BCUT2D eigenvalue weighted by molar-refractivity contribution is 6.35. The molecule has 0 radical (unpaired) electrons. The summed E-state index contributed by atoms with van der Waals surface area (Å²) in [6.07, 6.45) is 0.842. The van der Waals surface area contributed by atoms with Crippen molar-refractivity contribution in [1.82, 2.24) is 5.32 Å². The Kier molecular flexibility index (Phi) is 4.94. The minimum atomic E-state index is 0.101. The van der Waals surface area contributed by atoms with Crippen LogP contribution in [0.1, 0.15) is 23.6 Å². The molecule has 0 amide bonds. The third-order valence-electron chi connectivity index (χ3n) is 3.72. The van der Waals surface area contributed by atoms with E-state index in [0.717, 1.165) is 23.3 Å². The van der Waals surface area contributed by atoms with Gasteiger partial charge in [0.2, 0.25) is 0 Å². The molecule has 1 aliphatic rings. The Morgan fingerprint density at radius 3 is 2.91 bits per heavy atom. The molecule has 0 spiro atoms. The molecular weight excluding hydrogens is 333 g/mol. The predicted molar refractivity (Wildman–Crippen MR) is 94.2 cm³/mol. The highest BCUT2D eigenvalue weighted by Crippen LogP contribution is 2.31. The lowest BCUT2D eigenvalue weighted by molar-refractivity contribution is 0.262. The van der Waals surface area contributed by atoms with Gasteiger partial charge in [0.25, 0.3) is 0 Å². The number of benzene rings is 2. The molecule has 0 bridgehead atoms. The summed E-state index contributed by atoms with van der Waals surface area (Å²) in [4.78, 5) is 4.37. The number of ether oxygens (including phenoxy) is 1. The van der Waals surface area contributed by atoms with Crippen molar-refractivity contribution in [3.63, 3.8) is 0 Å². The van der Waals surface area contributed by atoms with Gasteiger partial charge in [-0.2, -0.15) is 0 Å². The number of hydrogen-bond donors (Lipinski definition) is 2. The fourth-order valence-electron chi connectivity index (χ4n) is 2.54. The van der Waals surface area contributed by atoms with Gasteiger partial charge in [0.15, 0.2) is 5.96 Å². The minimum absolute atomic E-state index is 0.101. The molecule has 1 unspecified atom stereocenters. The summed E-state index contributed by atoms with van der Waals surface area (Å²) in [5, 5.41) is 4.45. The molecule has 120 valence electrons. The van der Waals surface area contributed by atoms with Crippen molar-refractivity contribution in [2.24, 2.45) is 10.7 Å². The van der Waals surface area contributed by atoms with Crippen molar-refractivity contribution >= 4 is 29.2 Å². The molecule has 4 nitrogen and oxygen atoms in total. The molecule has 1 atom stereocenters. The number of para-hydroxylation sites is 1. The van der Waals surface area contributed by atoms with E-state index in [2.05, 4.69) is 10.3 Å². The molecule has 6 heteroatoms. The lowest BCUT2D eigenvalue weighted by Crippen LogP contribution is -2.37. The van der Waals surface area contributed by atoms with Crippen LogP contribution < -0.4 is 15.8 Å². The number of nitrogens with one attached hydrogen (secondary N) is 1. The van der Waals surface area contributed by atoms with Crippen LogP contribution in [0.2, 0.25) is 10.0 Å². The van der Waals surface area contributed by atoms with E-state index >= 15 is 0 Å². The molecule has 0 fully saturated rings. The quantitative estimate of drug-likeness (QED) is 0.652. The van der Waals surface area contributed by atoms with Crippen LogP contribution >= 0.6 is 23.2 Å². The van der Waals surface area contributed by atoms with Crippen molar-refractivity contribution in [3.8, 4) is 5.75 Å². The number of guanidine groups is 1. The van der Waals surface area contributed by atoms with E-state index in [9.17, 15) is 0 Å². The Morgan fingerprint density at radius 2 is 2.09 bits per heavy atom. The number of fused-ring (bicyclic) bond motifs is 1. The van der Waals surface area contributed by atoms with Gasteiger partial charge in [-0.05, 0) is 23.8 Å². The van der Waals surface area contributed by atoms with Crippen molar-refractivity contribution in [2.45, 2.75) is 19.0 Å². The lowest BCUT2D eigenvalue weighted by Gasteiger charge is -2.26. The first-order valence-corrected chi connectivity index (χ1v) is 8.11. The third-order valence-corrected chi connectivity index (χ3v) is 4.30. The molecule has 3 rings (SSSR count). The number of halogens is 2. The number of nitrogens with zero attached hydrogens (tertiary/aromatic N) is 1. The Labute approximate surface area is 145 Å². The third kappa shape index (κ3) is 3.89. The Morgan fingerprint density at radius 1 is 1.26 bits per heavy atom. The summed E-state index contributed by atoms with van der Waals surface area (Å²) < 4.78 is 5.64. The van der Waals surface area contributed by atoms with Crippen molar-refractivity contribution < 1.29 is 4.74 Å². The topological polar surface area (TPSA) is 59.6 Å². The van der Waals surface area contributed by atoms with E-state index in [0.29, 0.717) is 29.2 Å². The zero-order chi connectivity index (χ0) is 16.2. The zero-order valence-electron chi connectivity index (χ0n) is 12.4. The maximum Gasteiger partial charge on any atom is 0.189 e. The number of rotatable bonds is 3. The van der Waals surface area contributed by atoms with Crippen LogP contribution in [0.15, 0.2) is 47.5 Å². The molecule has 0 saturated heterocycles. The molecule has 2 aromatic carbocycles. The monoisotopic (exact) mass is 349 g/mol. The Bertz CT molecular complexity index is 734. The second-order valence-corrected chi connectivity index (χ2v) is 6.15. The zero-order valence-corrected chi connectivity index (χ0v) is 13.9.